The average molecular weight is 471 g/mol. The Bertz CT molecular complexity index is 820. The van der Waals surface area contributed by atoms with Crippen molar-refractivity contribution in [2.24, 2.45) is 0 Å². The van der Waals surface area contributed by atoms with Gasteiger partial charge in [0.15, 0.2) is 6.10 Å². The number of halogens is 4. The third-order valence-corrected chi connectivity index (χ3v) is 4.55. The number of fused-ring (bicyclic) bond motifs is 1. The van der Waals surface area contributed by atoms with Gasteiger partial charge in [-0.1, -0.05) is 38.0 Å². The molecule has 1 heterocycles. The van der Waals surface area contributed by atoms with E-state index in [4.69, 9.17) is 26.3 Å². The monoisotopic (exact) mass is 470 g/mol. The van der Waals surface area contributed by atoms with Gasteiger partial charge in [0.2, 0.25) is 6.10 Å². The van der Waals surface area contributed by atoms with Crippen LogP contribution in [-0.2, 0) is 24.6 Å². The molecule has 1 aliphatic rings. The molecule has 13 heteroatoms. The van der Waals surface area contributed by atoms with Gasteiger partial charge in [0.1, 0.15) is 19.0 Å². The number of nitrogens with one attached hydrogen (secondary N) is 1. The number of rotatable bonds is 8. The number of benzene rings is 1. The SMILES string of the molecule is CC(C)(C)c1cc2c(cc1Cl)C=C(C(=O)OC(CONO)CO[NH2+][O-])C(C(F)(F)F)O2. The number of quaternary nitrogens is 1. The molecule has 0 saturated carbocycles. The van der Waals surface area contributed by atoms with Gasteiger partial charge in [-0.2, -0.15) is 13.2 Å². The Kier molecular flexibility index (Phi) is 8.27. The van der Waals surface area contributed by atoms with Crippen LogP contribution in [0.4, 0.5) is 13.2 Å². The van der Waals surface area contributed by atoms with E-state index in [1.54, 1.807) is 0 Å². The molecule has 0 saturated heterocycles. The van der Waals surface area contributed by atoms with E-state index in [2.05, 4.69) is 9.68 Å². The van der Waals surface area contributed by atoms with Crippen molar-refractivity contribution in [2.75, 3.05) is 13.2 Å². The van der Waals surface area contributed by atoms with Crippen LogP contribution >= 0.6 is 11.6 Å². The van der Waals surface area contributed by atoms with Crippen molar-refractivity contribution in [1.82, 2.24) is 5.64 Å². The van der Waals surface area contributed by atoms with Gasteiger partial charge in [-0.3, -0.25) is 10.0 Å². The maximum atomic E-state index is 13.7. The first kappa shape index (κ1) is 25.3. The zero-order chi connectivity index (χ0) is 23.4. The van der Waals surface area contributed by atoms with Crippen molar-refractivity contribution in [3.05, 3.63) is 39.1 Å². The summed E-state index contributed by atoms with van der Waals surface area (Å²) in [6, 6.07) is 2.82. The molecule has 0 bridgehead atoms. The highest BCUT2D eigenvalue weighted by Crippen LogP contribution is 2.42. The molecule has 174 valence electrons. The second-order valence-electron chi connectivity index (χ2n) is 7.62. The minimum Gasteiger partial charge on any atom is -0.601 e. The van der Waals surface area contributed by atoms with Crippen molar-refractivity contribution in [3.63, 3.8) is 0 Å². The molecule has 0 fully saturated rings. The van der Waals surface area contributed by atoms with E-state index in [-0.39, 0.29) is 17.0 Å². The Morgan fingerprint density at radius 1 is 1.35 bits per heavy atom. The standard InChI is InChI=1S/C18H22ClF3N2O7/c1-17(2,3)12-6-14-9(5-13(12)19)4-11(15(31-14)18(20,21)22)16(25)30-10(7-28-23-26)8-29-24-27/h4-6,10,15,23,26H,7-8,24H2,1-3H3. The summed E-state index contributed by atoms with van der Waals surface area (Å²) < 4.78 is 51.1. The molecular weight excluding hydrogens is 449 g/mol. The van der Waals surface area contributed by atoms with Gasteiger partial charge < -0.3 is 14.7 Å². The van der Waals surface area contributed by atoms with Crippen LogP contribution in [0.15, 0.2) is 17.7 Å². The van der Waals surface area contributed by atoms with E-state index in [1.165, 1.54) is 17.8 Å². The Balaban J connectivity index is 2.41. The zero-order valence-electron chi connectivity index (χ0n) is 16.8. The Morgan fingerprint density at radius 2 is 2.03 bits per heavy atom. The number of carbonyl (C=O) groups excluding carboxylic acids is 1. The molecule has 1 aliphatic heterocycles. The quantitative estimate of drug-likeness (QED) is 0.390. The molecule has 9 nitrogen and oxygen atoms in total. The van der Waals surface area contributed by atoms with Crippen molar-refractivity contribution >= 4 is 23.6 Å². The predicted molar refractivity (Wildman–Crippen MR) is 101 cm³/mol. The molecule has 0 amide bonds. The van der Waals surface area contributed by atoms with Gasteiger partial charge in [0, 0.05) is 10.6 Å². The van der Waals surface area contributed by atoms with Gasteiger partial charge in [0.25, 0.3) is 0 Å². The fourth-order valence-electron chi connectivity index (χ4n) is 2.81. The van der Waals surface area contributed by atoms with E-state index >= 15 is 0 Å². The minimum absolute atomic E-state index is 0.0553. The number of esters is 1. The highest BCUT2D eigenvalue weighted by molar-refractivity contribution is 6.31. The van der Waals surface area contributed by atoms with Crippen molar-refractivity contribution in [1.29, 1.82) is 0 Å². The molecule has 2 unspecified atom stereocenters. The molecule has 4 N–H and O–H groups in total. The number of hydrogen-bond donors (Lipinski definition) is 3. The summed E-state index contributed by atoms with van der Waals surface area (Å²) in [5.41, 5.74) is 0.840. The summed E-state index contributed by atoms with van der Waals surface area (Å²) in [5, 5.41) is 19.1. The maximum absolute atomic E-state index is 13.7. The van der Waals surface area contributed by atoms with Crippen LogP contribution in [0.1, 0.15) is 31.9 Å². The second-order valence-corrected chi connectivity index (χ2v) is 8.03. The van der Waals surface area contributed by atoms with Crippen LogP contribution < -0.4 is 16.0 Å². The van der Waals surface area contributed by atoms with Gasteiger partial charge in [0.05, 0.1) is 5.57 Å². The number of carbonyl (C=O) groups is 1. The number of ether oxygens (including phenoxy) is 2. The Labute approximate surface area is 180 Å². The third-order valence-electron chi connectivity index (χ3n) is 4.24. The number of alkyl halides is 3. The van der Waals surface area contributed by atoms with E-state index in [9.17, 15) is 23.2 Å². The second kappa shape index (κ2) is 10.1. The molecule has 0 radical (unpaired) electrons. The average Bonchev–Trinajstić information content (AvgIpc) is 2.66. The molecule has 31 heavy (non-hydrogen) atoms. The van der Waals surface area contributed by atoms with Crippen molar-refractivity contribution in [3.8, 4) is 5.75 Å². The first-order valence-corrected chi connectivity index (χ1v) is 9.32. The molecule has 2 atom stereocenters. The lowest BCUT2D eigenvalue weighted by molar-refractivity contribution is -0.851. The Morgan fingerprint density at radius 3 is 2.58 bits per heavy atom. The van der Waals surface area contributed by atoms with Crippen molar-refractivity contribution in [2.45, 2.75) is 44.6 Å². The van der Waals surface area contributed by atoms with Crippen LogP contribution in [0, 0.1) is 5.21 Å². The fourth-order valence-corrected chi connectivity index (χ4v) is 3.27. The fraction of sp³-hybridized carbons (Fsp3) is 0.500. The zero-order valence-corrected chi connectivity index (χ0v) is 17.5. The van der Waals surface area contributed by atoms with Crippen LogP contribution in [0.3, 0.4) is 0 Å². The predicted octanol–water partition coefficient (Wildman–Crippen LogP) is 2.16. The van der Waals surface area contributed by atoms with Crippen LogP contribution in [-0.4, -0.2) is 42.8 Å². The van der Waals surface area contributed by atoms with Gasteiger partial charge >= 0.3 is 12.1 Å². The molecule has 2 rings (SSSR count). The minimum atomic E-state index is -4.93. The number of nitrogens with two attached hydrogens (primary N) is 1. The normalized spacial score (nSPS) is 17.5. The molecule has 0 spiro atoms. The summed E-state index contributed by atoms with van der Waals surface area (Å²) in [5.74, 6) is -1.45. The lowest BCUT2D eigenvalue weighted by atomic mass is 9.85. The number of hydrogen-bond acceptors (Lipinski definition) is 8. The molecule has 0 aromatic heterocycles. The van der Waals surface area contributed by atoms with Gasteiger partial charge in [-0.25, -0.2) is 15.3 Å². The highest BCUT2D eigenvalue weighted by Gasteiger charge is 2.49. The van der Waals surface area contributed by atoms with Crippen molar-refractivity contribution < 1.29 is 48.0 Å². The maximum Gasteiger partial charge on any atom is 0.430 e. The lowest BCUT2D eigenvalue weighted by Crippen LogP contribution is -2.77. The van der Waals surface area contributed by atoms with E-state index in [1.807, 2.05) is 20.8 Å². The molecule has 1 aromatic carbocycles. The topological polar surface area (TPSA) is 126 Å². The summed E-state index contributed by atoms with van der Waals surface area (Å²) in [6.07, 6.45) is -7.84. The Hall–Kier alpha value is -1.93. The van der Waals surface area contributed by atoms with Crippen LogP contribution in [0.5, 0.6) is 5.75 Å². The smallest absolute Gasteiger partial charge is 0.430 e. The van der Waals surface area contributed by atoms with Gasteiger partial charge in [-0.15, -0.1) is 0 Å². The van der Waals surface area contributed by atoms with E-state index in [0.717, 1.165) is 6.08 Å². The summed E-state index contributed by atoms with van der Waals surface area (Å²) in [4.78, 5) is 21.4. The van der Waals surface area contributed by atoms with Crippen LogP contribution in [0.2, 0.25) is 5.02 Å². The van der Waals surface area contributed by atoms with Crippen LogP contribution in [0.25, 0.3) is 6.08 Å². The largest absolute Gasteiger partial charge is 0.601 e. The third kappa shape index (κ3) is 6.53. The first-order chi connectivity index (χ1) is 14.4. The molecule has 0 aliphatic carbocycles. The summed E-state index contributed by atoms with van der Waals surface area (Å²) in [7, 11) is 0. The molecular formula is C18H22ClF3N2O7. The summed E-state index contributed by atoms with van der Waals surface area (Å²) in [6.45, 7) is 4.49. The molecule has 1 aromatic rings. The highest BCUT2D eigenvalue weighted by atomic mass is 35.5. The lowest BCUT2D eigenvalue weighted by Gasteiger charge is -2.30. The summed E-state index contributed by atoms with van der Waals surface area (Å²) >= 11 is 6.28. The van der Waals surface area contributed by atoms with Gasteiger partial charge in [-0.05, 0) is 29.2 Å². The van der Waals surface area contributed by atoms with E-state index < -0.39 is 48.6 Å². The first-order valence-electron chi connectivity index (χ1n) is 8.94. The van der Waals surface area contributed by atoms with E-state index in [0.29, 0.717) is 10.6 Å².